The standard InChI is InChI=1S/C17H22N2O2/c1-17(2)12-13-5-3-4-6-14(13)15(18-17)11-16(20)19-7-9-21-10-8-19/h3-6,11,18H,7-10,12H2,1-2H3/b15-11+. The van der Waals surface area contributed by atoms with Gasteiger partial charge < -0.3 is 15.0 Å². The van der Waals surface area contributed by atoms with Crippen LogP contribution >= 0.6 is 0 Å². The first kappa shape index (κ1) is 14.1. The van der Waals surface area contributed by atoms with Crippen molar-refractivity contribution in [3.8, 4) is 0 Å². The fraction of sp³-hybridized carbons (Fsp3) is 0.471. The van der Waals surface area contributed by atoms with Crippen LogP contribution in [0.5, 0.6) is 0 Å². The van der Waals surface area contributed by atoms with Gasteiger partial charge in [-0.1, -0.05) is 24.3 Å². The van der Waals surface area contributed by atoms with Crippen LogP contribution in [0.25, 0.3) is 5.70 Å². The van der Waals surface area contributed by atoms with Gasteiger partial charge in [0, 0.05) is 36.0 Å². The van der Waals surface area contributed by atoms with Gasteiger partial charge in [-0.05, 0) is 25.8 Å². The van der Waals surface area contributed by atoms with E-state index in [4.69, 9.17) is 4.74 Å². The molecule has 2 heterocycles. The average molecular weight is 286 g/mol. The molecule has 0 aliphatic carbocycles. The van der Waals surface area contributed by atoms with Crippen molar-refractivity contribution in [3.63, 3.8) is 0 Å². The summed E-state index contributed by atoms with van der Waals surface area (Å²) >= 11 is 0. The molecule has 1 saturated heterocycles. The van der Waals surface area contributed by atoms with Gasteiger partial charge in [0.15, 0.2) is 0 Å². The normalized spacial score (nSPS) is 22.6. The number of nitrogens with zero attached hydrogens (tertiary/aromatic N) is 1. The summed E-state index contributed by atoms with van der Waals surface area (Å²) in [6.07, 6.45) is 2.71. The third-order valence-electron chi connectivity index (χ3n) is 4.00. The van der Waals surface area contributed by atoms with Crippen molar-refractivity contribution in [2.75, 3.05) is 26.3 Å². The van der Waals surface area contributed by atoms with Crippen molar-refractivity contribution in [2.45, 2.75) is 25.8 Å². The minimum absolute atomic E-state index is 0.0362. The maximum atomic E-state index is 12.4. The second kappa shape index (κ2) is 5.53. The first-order valence-electron chi connectivity index (χ1n) is 7.50. The van der Waals surface area contributed by atoms with Crippen molar-refractivity contribution in [1.82, 2.24) is 10.2 Å². The summed E-state index contributed by atoms with van der Waals surface area (Å²) in [6.45, 7) is 6.93. The van der Waals surface area contributed by atoms with E-state index in [1.165, 1.54) is 5.56 Å². The molecule has 1 amide bonds. The molecule has 21 heavy (non-hydrogen) atoms. The Bertz CT molecular complexity index is 572. The van der Waals surface area contributed by atoms with Crippen molar-refractivity contribution >= 4 is 11.6 Å². The van der Waals surface area contributed by atoms with Gasteiger partial charge in [0.1, 0.15) is 0 Å². The van der Waals surface area contributed by atoms with Gasteiger partial charge in [0.2, 0.25) is 5.91 Å². The minimum atomic E-state index is -0.0362. The first-order valence-corrected chi connectivity index (χ1v) is 7.50. The van der Waals surface area contributed by atoms with E-state index in [-0.39, 0.29) is 11.4 Å². The smallest absolute Gasteiger partial charge is 0.248 e. The molecule has 112 valence electrons. The lowest BCUT2D eigenvalue weighted by Crippen LogP contribution is -2.45. The molecular formula is C17H22N2O2. The van der Waals surface area contributed by atoms with Crippen LogP contribution in [0.15, 0.2) is 30.3 Å². The highest BCUT2D eigenvalue weighted by Crippen LogP contribution is 2.29. The fourth-order valence-corrected chi connectivity index (χ4v) is 3.00. The van der Waals surface area contributed by atoms with E-state index >= 15 is 0 Å². The van der Waals surface area contributed by atoms with Crippen LogP contribution in [0.2, 0.25) is 0 Å². The molecule has 1 aromatic carbocycles. The molecule has 0 spiro atoms. The van der Waals surface area contributed by atoms with E-state index in [0.717, 1.165) is 17.7 Å². The zero-order valence-electron chi connectivity index (χ0n) is 12.7. The van der Waals surface area contributed by atoms with E-state index in [2.05, 4.69) is 37.4 Å². The molecular weight excluding hydrogens is 264 g/mol. The van der Waals surface area contributed by atoms with Gasteiger partial charge in [0.25, 0.3) is 0 Å². The van der Waals surface area contributed by atoms with E-state index in [0.29, 0.717) is 26.3 Å². The second-order valence-corrected chi connectivity index (χ2v) is 6.34. The molecule has 2 aliphatic rings. The molecule has 0 unspecified atom stereocenters. The molecule has 0 atom stereocenters. The Kier molecular flexibility index (Phi) is 3.72. The van der Waals surface area contributed by atoms with Gasteiger partial charge in [-0.15, -0.1) is 0 Å². The summed E-state index contributed by atoms with van der Waals surface area (Å²) < 4.78 is 5.30. The SMILES string of the molecule is CC1(C)Cc2ccccc2/C(=C\C(=O)N2CCOCC2)N1. The number of rotatable bonds is 1. The molecule has 0 saturated carbocycles. The van der Waals surface area contributed by atoms with E-state index in [1.807, 2.05) is 11.0 Å². The number of benzene rings is 1. The highest BCUT2D eigenvalue weighted by molar-refractivity contribution is 5.95. The summed E-state index contributed by atoms with van der Waals surface area (Å²) in [4.78, 5) is 14.3. The maximum absolute atomic E-state index is 12.4. The van der Waals surface area contributed by atoms with Gasteiger partial charge in [-0.25, -0.2) is 0 Å². The molecule has 1 aromatic rings. The molecule has 2 aliphatic heterocycles. The summed E-state index contributed by atoms with van der Waals surface area (Å²) in [7, 11) is 0. The number of carbonyl (C=O) groups is 1. The average Bonchev–Trinajstić information content (AvgIpc) is 2.47. The third-order valence-corrected chi connectivity index (χ3v) is 4.00. The number of ether oxygens (including phenoxy) is 1. The van der Waals surface area contributed by atoms with Crippen LogP contribution in [0, 0.1) is 0 Å². The topological polar surface area (TPSA) is 41.6 Å². The Balaban J connectivity index is 1.89. The Morgan fingerprint density at radius 1 is 1.29 bits per heavy atom. The number of fused-ring (bicyclic) bond motifs is 1. The van der Waals surface area contributed by atoms with Gasteiger partial charge in [0.05, 0.1) is 13.2 Å². The molecule has 0 bridgehead atoms. The molecule has 1 N–H and O–H groups in total. The predicted molar refractivity (Wildman–Crippen MR) is 82.7 cm³/mol. The molecule has 4 heteroatoms. The molecule has 0 radical (unpaired) electrons. The summed E-state index contributed by atoms with van der Waals surface area (Å²) in [5.41, 5.74) is 3.32. The van der Waals surface area contributed by atoms with Crippen LogP contribution < -0.4 is 5.32 Å². The molecule has 0 aromatic heterocycles. The van der Waals surface area contributed by atoms with Crippen LogP contribution in [-0.2, 0) is 16.0 Å². The quantitative estimate of drug-likeness (QED) is 0.801. The highest BCUT2D eigenvalue weighted by atomic mass is 16.5. The number of nitrogens with one attached hydrogen (secondary N) is 1. The van der Waals surface area contributed by atoms with Crippen LogP contribution in [0.3, 0.4) is 0 Å². The lowest BCUT2D eigenvalue weighted by atomic mass is 9.86. The van der Waals surface area contributed by atoms with Gasteiger partial charge in [-0.2, -0.15) is 0 Å². The van der Waals surface area contributed by atoms with E-state index < -0.39 is 0 Å². The summed E-state index contributed by atoms with van der Waals surface area (Å²) in [5, 5.41) is 3.50. The zero-order valence-corrected chi connectivity index (χ0v) is 12.7. The van der Waals surface area contributed by atoms with Crippen molar-refractivity contribution in [2.24, 2.45) is 0 Å². The van der Waals surface area contributed by atoms with Crippen molar-refractivity contribution in [3.05, 3.63) is 41.5 Å². The van der Waals surface area contributed by atoms with Gasteiger partial charge in [-0.3, -0.25) is 4.79 Å². The number of hydrogen-bond acceptors (Lipinski definition) is 3. The number of morpholine rings is 1. The zero-order chi connectivity index (χ0) is 14.9. The Morgan fingerprint density at radius 3 is 2.76 bits per heavy atom. The van der Waals surface area contributed by atoms with Gasteiger partial charge >= 0.3 is 0 Å². The number of amides is 1. The monoisotopic (exact) mass is 286 g/mol. The molecule has 3 rings (SSSR count). The Morgan fingerprint density at radius 2 is 2.00 bits per heavy atom. The highest BCUT2D eigenvalue weighted by Gasteiger charge is 2.28. The minimum Gasteiger partial charge on any atom is -0.379 e. The summed E-state index contributed by atoms with van der Waals surface area (Å²) in [6, 6.07) is 8.30. The second-order valence-electron chi connectivity index (χ2n) is 6.34. The maximum Gasteiger partial charge on any atom is 0.248 e. The van der Waals surface area contributed by atoms with E-state index in [9.17, 15) is 4.79 Å². The largest absolute Gasteiger partial charge is 0.379 e. The lowest BCUT2D eigenvalue weighted by Gasteiger charge is -2.36. The lowest BCUT2D eigenvalue weighted by molar-refractivity contribution is -0.129. The third kappa shape index (κ3) is 3.10. The Hall–Kier alpha value is -1.81. The van der Waals surface area contributed by atoms with Crippen molar-refractivity contribution < 1.29 is 9.53 Å². The molecule has 4 nitrogen and oxygen atoms in total. The predicted octanol–water partition coefficient (Wildman–Crippen LogP) is 1.81. The van der Waals surface area contributed by atoms with Crippen molar-refractivity contribution in [1.29, 1.82) is 0 Å². The first-order chi connectivity index (χ1) is 10.1. The summed E-state index contributed by atoms with van der Waals surface area (Å²) in [5.74, 6) is 0.0632. The number of carbonyl (C=O) groups excluding carboxylic acids is 1. The fourth-order valence-electron chi connectivity index (χ4n) is 3.00. The van der Waals surface area contributed by atoms with Crippen LogP contribution in [0.4, 0.5) is 0 Å². The van der Waals surface area contributed by atoms with Crippen LogP contribution in [-0.4, -0.2) is 42.6 Å². The van der Waals surface area contributed by atoms with E-state index in [1.54, 1.807) is 6.08 Å². The Labute approximate surface area is 125 Å². The van der Waals surface area contributed by atoms with Crippen LogP contribution in [0.1, 0.15) is 25.0 Å². The number of hydrogen-bond donors (Lipinski definition) is 1. The molecule has 1 fully saturated rings.